The fourth-order valence-electron chi connectivity index (χ4n) is 5.24. The standard InChI is InChI=1S/C16H21N3/c17-2-1-11-8-18-19(9-11)10-16-14-4-12-3-13(6-14)7-15(16)5-12/h8-9,12-16H,1,3-7,10H2. The van der Waals surface area contributed by atoms with Crippen LogP contribution in [0.4, 0.5) is 0 Å². The SMILES string of the molecule is N#CCc1cnn(CC2C3CC4CC(C3)CC2C4)c1. The van der Waals surface area contributed by atoms with Crippen LogP contribution in [0.3, 0.4) is 0 Å². The number of nitrogens with zero attached hydrogens (tertiary/aromatic N) is 3. The summed E-state index contributed by atoms with van der Waals surface area (Å²) in [6.45, 7) is 1.08. The molecule has 100 valence electrons. The topological polar surface area (TPSA) is 41.6 Å². The van der Waals surface area contributed by atoms with Crippen molar-refractivity contribution in [3.8, 4) is 6.07 Å². The highest BCUT2D eigenvalue weighted by Crippen LogP contribution is 2.56. The first-order chi connectivity index (χ1) is 9.31. The van der Waals surface area contributed by atoms with Crippen LogP contribution in [-0.4, -0.2) is 9.78 Å². The molecule has 4 aliphatic rings. The van der Waals surface area contributed by atoms with Crippen LogP contribution in [0.25, 0.3) is 0 Å². The minimum Gasteiger partial charge on any atom is -0.272 e. The van der Waals surface area contributed by atoms with E-state index >= 15 is 0 Å². The Hall–Kier alpha value is -1.30. The summed E-state index contributed by atoms with van der Waals surface area (Å²) in [5.74, 6) is 4.86. The number of hydrogen-bond acceptors (Lipinski definition) is 2. The average Bonchev–Trinajstić information content (AvgIpc) is 2.81. The fourth-order valence-corrected chi connectivity index (χ4v) is 5.24. The number of rotatable bonds is 3. The molecule has 0 unspecified atom stereocenters. The molecule has 3 heteroatoms. The molecule has 4 fully saturated rings. The van der Waals surface area contributed by atoms with Gasteiger partial charge in [0.25, 0.3) is 0 Å². The van der Waals surface area contributed by atoms with E-state index in [1.54, 1.807) is 0 Å². The van der Waals surface area contributed by atoms with Gasteiger partial charge in [-0.05, 0) is 61.7 Å². The molecule has 4 saturated carbocycles. The Kier molecular flexibility index (Phi) is 2.65. The summed E-state index contributed by atoms with van der Waals surface area (Å²) in [5.41, 5.74) is 1.06. The molecule has 0 amide bonds. The van der Waals surface area contributed by atoms with E-state index < -0.39 is 0 Å². The molecular weight excluding hydrogens is 234 g/mol. The smallest absolute Gasteiger partial charge is 0.0670 e. The van der Waals surface area contributed by atoms with Gasteiger partial charge in [-0.3, -0.25) is 4.68 Å². The molecule has 4 bridgehead atoms. The minimum absolute atomic E-state index is 0.488. The van der Waals surface area contributed by atoms with Gasteiger partial charge in [-0.15, -0.1) is 0 Å². The van der Waals surface area contributed by atoms with Crippen molar-refractivity contribution in [3.05, 3.63) is 18.0 Å². The van der Waals surface area contributed by atoms with Crippen molar-refractivity contribution in [1.82, 2.24) is 9.78 Å². The molecule has 5 rings (SSSR count). The number of hydrogen-bond donors (Lipinski definition) is 0. The quantitative estimate of drug-likeness (QED) is 0.833. The van der Waals surface area contributed by atoms with Gasteiger partial charge in [-0.1, -0.05) is 0 Å². The summed E-state index contributed by atoms with van der Waals surface area (Å²) >= 11 is 0. The Bertz CT molecular complexity index is 482. The van der Waals surface area contributed by atoms with Crippen molar-refractivity contribution >= 4 is 0 Å². The monoisotopic (exact) mass is 255 g/mol. The van der Waals surface area contributed by atoms with E-state index in [2.05, 4.69) is 22.0 Å². The van der Waals surface area contributed by atoms with Gasteiger partial charge in [0.1, 0.15) is 0 Å². The van der Waals surface area contributed by atoms with Gasteiger partial charge in [0.2, 0.25) is 0 Å². The van der Waals surface area contributed by atoms with E-state index in [9.17, 15) is 0 Å². The zero-order valence-corrected chi connectivity index (χ0v) is 11.3. The summed E-state index contributed by atoms with van der Waals surface area (Å²) in [6, 6.07) is 2.20. The minimum atomic E-state index is 0.488. The molecule has 4 aliphatic carbocycles. The zero-order chi connectivity index (χ0) is 12.8. The van der Waals surface area contributed by atoms with Gasteiger partial charge in [0.15, 0.2) is 0 Å². The first-order valence-corrected chi connectivity index (χ1v) is 7.70. The predicted octanol–water partition coefficient (Wildman–Crippen LogP) is 3.02. The van der Waals surface area contributed by atoms with E-state index in [1.807, 2.05) is 6.20 Å². The van der Waals surface area contributed by atoms with Crippen LogP contribution < -0.4 is 0 Å². The van der Waals surface area contributed by atoms with Crippen molar-refractivity contribution in [2.24, 2.45) is 29.6 Å². The lowest BCUT2D eigenvalue weighted by molar-refractivity contribution is -0.0442. The summed E-state index contributed by atoms with van der Waals surface area (Å²) in [4.78, 5) is 0. The molecule has 0 aromatic carbocycles. The second-order valence-electron chi connectivity index (χ2n) is 7.00. The van der Waals surface area contributed by atoms with Crippen LogP contribution in [0.2, 0.25) is 0 Å². The Morgan fingerprint density at radius 3 is 2.47 bits per heavy atom. The molecular formula is C16H21N3. The predicted molar refractivity (Wildman–Crippen MR) is 72.1 cm³/mol. The van der Waals surface area contributed by atoms with Crippen LogP contribution in [0.15, 0.2) is 12.4 Å². The van der Waals surface area contributed by atoms with Gasteiger partial charge < -0.3 is 0 Å². The Morgan fingerprint density at radius 1 is 1.16 bits per heavy atom. The number of aromatic nitrogens is 2. The molecule has 3 nitrogen and oxygen atoms in total. The summed E-state index contributed by atoms with van der Waals surface area (Å²) < 4.78 is 2.10. The zero-order valence-electron chi connectivity index (χ0n) is 11.3. The maximum Gasteiger partial charge on any atom is 0.0670 e. The third kappa shape index (κ3) is 1.98. The van der Waals surface area contributed by atoms with Crippen LogP contribution >= 0.6 is 0 Å². The molecule has 0 atom stereocenters. The lowest BCUT2D eigenvalue weighted by Gasteiger charge is -2.54. The van der Waals surface area contributed by atoms with Crippen LogP contribution in [-0.2, 0) is 13.0 Å². The molecule has 1 aromatic heterocycles. The second-order valence-corrected chi connectivity index (χ2v) is 7.00. The third-order valence-electron chi connectivity index (χ3n) is 5.79. The van der Waals surface area contributed by atoms with Crippen molar-refractivity contribution in [3.63, 3.8) is 0 Å². The van der Waals surface area contributed by atoms with Crippen molar-refractivity contribution < 1.29 is 0 Å². The van der Waals surface area contributed by atoms with E-state index in [0.717, 1.165) is 41.7 Å². The third-order valence-corrected chi connectivity index (χ3v) is 5.79. The Balaban J connectivity index is 1.49. The summed E-state index contributed by atoms with van der Waals surface area (Å²) in [6.07, 6.45) is 11.9. The van der Waals surface area contributed by atoms with Gasteiger partial charge in [0.05, 0.1) is 18.7 Å². The second kappa shape index (κ2) is 4.37. The maximum absolute atomic E-state index is 8.73. The molecule has 0 saturated heterocycles. The summed E-state index contributed by atoms with van der Waals surface area (Å²) in [5, 5.41) is 13.2. The van der Waals surface area contributed by atoms with Crippen molar-refractivity contribution in [2.45, 2.75) is 45.1 Å². The molecule has 0 spiro atoms. The van der Waals surface area contributed by atoms with Crippen LogP contribution in [0, 0.1) is 40.9 Å². The highest BCUT2D eigenvalue weighted by molar-refractivity contribution is 5.09. The first-order valence-electron chi connectivity index (χ1n) is 7.70. The number of nitriles is 1. The van der Waals surface area contributed by atoms with Gasteiger partial charge >= 0.3 is 0 Å². The summed E-state index contributed by atoms with van der Waals surface area (Å²) in [7, 11) is 0. The van der Waals surface area contributed by atoms with Crippen molar-refractivity contribution in [2.75, 3.05) is 0 Å². The molecule has 1 aromatic rings. The van der Waals surface area contributed by atoms with Gasteiger partial charge in [-0.2, -0.15) is 10.4 Å². The molecule has 0 N–H and O–H groups in total. The molecule has 19 heavy (non-hydrogen) atoms. The first kappa shape index (κ1) is 11.5. The fraction of sp³-hybridized carbons (Fsp3) is 0.750. The van der Waals surface area contributed by atoms with Crippen LogP contribution in [0.5, 0.6) is 0 Å². The normalized spacial score (nSPS) is 39.4. The lowest BCUT2D eigenvalue weighted by atomic mass is 9.52. The Labute approximate surface area is 114 Å². The van der Waals surface area contributed by atoms with Crippen LogP contribution in [0.1, 0.15) is 37.7 Å². The highest BCUT2D eigenvalue weighted by Gasteiger charge is 2.48. The Morgan fingerprint density at radius 2 is 1.84 bits per heavy atom. The van der Waals surface area contributed by atoms with Crippen molar-refractivity contribution in [1.29, 1.82) is 5.26 Å². The van der Waals surface area contributed by atoms with E-state index in [4.69, 9.17) is 5.26 Å². The largest absolute Gasteiger partial charge is 0.272 e. The molecule has 0 aliphatic heterocycles. The maximum atomic E-state index is 8.73. The van der Waals surface area contributed by atoms with E-state index in [1.165, 1.54) is 32.1 Å². The lowest BCUT2D eigenvalue weighted by Crippen LogP contribution is -2.46. The van der Waals surface area contributed by atoms with Gasteiger partial charge in [-0.25, -0.2) is 0 Å². The van der Waals surface area contributed by atoms with Gasteiger partial charge in [0, 0.05) is 18.3 Å². The van der Waals surface area contributed by atoms with E-state index in [-0.39, 0.29) is 0 Å². The molecule has 0 radical (unpaired) electrons. The average molecular weight is 255 g/mol. The molecule has 1 heterocycles. The highest BCUT2D eigenvalue weighted by atomic mass is 15.3. The van der Waals surface area contributed by atoms with E-state index in [0.29, 0.717) is 6.42 Å².